The second-order valence-electron chi connectivity index (χ2n) is 7.84. The lowest BCUT2D eigenvalue weighted by Gasteiger charge is -2.44. The molecule has 0 saturated carbocycles. The van der Waals surface area contributed by atoms with Gasteiger partial charge in [0.15, 0.2) is 0 Å². The van der Waals surface area contributed by atoms with Crippen LogP contribution in [0, 0.1) is 5.92 Å². The van der Waals surface area contributed by atoms with Crippen molar-refractivity contribution >= 4 is 18.9 Å². The number of hydrogen-bond donors (Lipinski definition) is 3. The minimum absolute atomic E-state index is 0.167. The molecule has 1 aromatic carbocycles. The summed E-state index contributed by atoms with van der Waals surface area (Å²) in [6, 6.07) is 5.93. The topological polar surface area (TPSA) is 142 Å². The second kappa shape index (κ2) is 13.2. The van der Waals surface area contributed by atoms with E-state index < -0.39 is 5.97 Å². The molecule has 2 atom stereocenters. The van der Waals surface area contributed by atoms with Crippen molar-refractivity contribution in [3.05, 3.63) is 36.2 Å². The van der Waals surface area contributed by atoms with E-state index in [4.69, 9.17) is 24.5 Å². The Morgan fingerprint density at radius 2 is 1.85 bits per heavy atom. The summed E-state index contributed by atoms with van der Waals surface area (Å²) >= 11 is 0. The van der Waals surface area contributed by atoms with Gasteiger partial charge in [0.25, 0.3) is 12.9 Å². The molecule has 0 bridgehead atoms. The zero-order valence-corrected chi connectivity index (χ0v) is 18.7. The highest BCUT2D eigenvalue weighted by molar-refractivity contribution is 5.92. The lowest BCUT2D eigenvalue weighted by Crippen LogP contribution is -2.49. The van der Waals surface area contributed by atoms with E-state index in [1.807, 2.05) is 18.5 Å². The van der Waals surface area contributed by atoms with E-state index in [0.29, 0.717) is 17.7 Å². The fraction of sp³-hybridized carbons (Fsp3) is 0.478. The number of nitrogens with zero attached hydrogens (tertiary/aromatic N) is 3. The van der Waals surface area contributed by atoms with Crippen molar-refractivity contribution in [2.24, 2.45) is 5.92 Å². The molecule has 2 aliphatic rings. The third-order valence-corrected chi connectivity index (χ3v) is 6.06. The number of ether oxygens (including phenoxy) is 1. The molecular weight excluding hydrogens is 430 g/mol. The van der Waals surface area contributed by atoms with Gasteiger partial charge in [0.05, 0.1) is 7.11 Å². The van der Waals surface area contributed by atoms with Crippen molar-refractivity contribution in [2.45, 2.75) is 44.7 Å². The van der Waals surface area contributed by atoms with Crippen LogP contribution in [0.4, 0.5) is 0 Å². The summed E-state index contributed by atoms with van der Waals surface area (Å²) in [5.41, 5.74) is 0.982. The first-order chi connectivity index (χ1) is 16.0. The van der Waals surface area contributed by atoms with Crippen LogP contribution in [0.1, 0.15) is 42.5 Å². The number of fused-ring (bicyclic) bond motifs is 1. The highest BCUT2D eigenvalue weighted by atomic mass is 16.5. The number of carboxylic acids is 1. The average Bonchev–Trinajstić information content (AvgIpc) is 3.28. The van der Waals surface area contributed by atoms with Crippen molar-refractivity contribution in [1.82, 2.24) is 14.5 Å². The lowest BCUT2D eigenvalue weighted by molar-refractivity contribution is -0.123. The number of benzene rings is 1. The van der Waals surface area contributed by atoms with Crippen LogP contribution in [0.25, 0.3) is 11.4 Å². The Kier molecular flexibility index (Phi) is 10.4. The number of hydrogen-bond acceptors (Lipinski definition) is 6. The van der Waals surface area contributed by atoms with Crippen molar-refractivity contribution in [2.75, 3.05) is 20.2 Å². The highest BCUT2D eigenvalue weighted by Crippen LogP contribution is 2.33. The van der Waals surface area contributed by atoms with Gasteiger partial charge in [-0.15, -0.1) is 0 Å². The summed E-state index contributed by atoms with van der Waals surface area (Å²) in [6.45, 7) is 2.90. The molecule has 2 aromatic rings. The predicted octanol–water partition coefficient (Wildman–Crippen LogP) is 2.92. The largest absolute Gasteiger partial charge is 0.496 e. The number of rotatable bonds is 5. The monoisotopic (exact) mass is 461 g/mol. The fourth-order valence-electron chi connectivity index (χ4n) is 4.77. The third kappa shape index (κ3) is 6.79. The first kappa shape index (κ1) is 25.9. The van der Waals surface area contributed by atoms with Crippen LogP contribution in [-0.4, -0.2) is 74.9 Å². The molecule has 10 nitrogen and oxygen atoms in total. The normalized spacial score (nSPS) is 19.5. The number of carboxylic acid groups (broad SMARTS) is 3. The standard InChI is InChI=1S/C21H27N3O3.2CH2O2/c1-27-19-8-7-15(13-17(19)21(25)26)20-22-9-12-24(20)14-16-5-4-11-23-10-3-2-6-18(16)23;2*2-1-3/h7-9,12-13,16,18H,2-6,10-11,14H2,1H3,(H,25,26);2*1H,(H,2,3)/t16-,18+;;/m0../s1. The first-order valence-electron chi connectivity index (χ1n) is 10.8. The first-order valence-corrected chi connectivity index (χ1v) is 10.8. The van der Waals surface area contributed by atoms with Crippen LogP contribution in [0.5, 0.6) is 5.75 Å². The summed E-state index contributed by atoms with van der Waals surface area (Å²) in [7, 11) is 1.49. The maximum Gasteiger partial charge on any atom is 0.339 e. The molecule has 180 valence electrons. The summed E-state index contributed by atoms with van der Waals surface area (Å²) in [5.74, 6) is 0.837. The summed E-state index contributed by atoms with van der Waals surface area (Å²) in [6.07, 6.45) is 10.3. The lowest BCUT2D eigenvalue weighted by atomic mass is 9.83. The molecule has 3 N–H and O–H groups in total. The third-order valence-electron chi connectivity index (χ3n) is 6.06. The minimum Gasteiger partial charge on any atom is -0.496 e. The molecule has 0 amide bonds. The number of aromatic nitrogens is 2. The molecule has 0 aliphatic carbocycles. The molecule has 3 heterocycles. The van der Waals surface area contributed by atoms with Gasteiger partial charge < -0.3 is 29.5 Å². The van der Waals surface area contributed by atoms with Crippen molar-refractivity contribution < 1.29 is 34.4 Å². The Morgan fingerprint density at radius 3 is 2.52 bits per heavy atom. The number of carbonyl (C=O) groups is 3. The van der Waals surface area contributed by atoms with Crippen LogP contribution < -0.4 is 4.74 Å². The SMILES string of the molecule is COc1ccc(-c2nccn2C[C@@H]2CCCN3CCCC[C@H]23)cc1C(=O)O.O=CO.O=CO. The molecule has 2 saturated heterocycles. The average molecular weight is 462 g/mol. The van der Waals surface area contributed by atoms with Gasteiger partial charge in [0.2, 0.25) is 0 Å². The van der Waals surface area contributed by atoms with E-state index in [2.05, 4.69) is 14.5 Å². The van der Waals surface area contributed by atoms with Crippen LogP contribution in [0.2, 0.25) is 0 Å². The second-order valence-corrected chi connectivity index (χ2v) is 7.84. The number of piperidine rings is 2. The van der Waals surface area contributed by atoms with Crippen molar-refractivity contribution in [1.29, 1.82) is 0 Å². The van der Waals surface area contributed by atoms with Crippen molar-refractivity contribution in [3.8, 4) is 17.1 Å². The van der Waals surface area contributed by atoms with Crippen LogP contribution in [0.15, 0.2) is 30.6 Å². The van der Waals surface area contributed by atoms with E-state index in [0.717, 1.165) is 17.9 Å². The maximum atomic E-state index is 11.5. The van der Waals surface area contributed by atoms with Crippen LogP contribution >= 0.6 is 0 Å². The highest BCUT2D eigenvalue weighted by Gasteiger charge is 2.33. The Labute approximate surface area is 192 Å². The van der Waals surface area contributed by atoms with Crippen molar-refractivity contribution in [3.63, 3.8) is 0 Å². The molecule has 0 radical (unpaired) electrons. The quantitative estimate of drug-likeness (QED) is 0.573. The van der Waals surface area contributed by atoms with Crippen LogP contribution in [0.3, 0.4) is 0 Å². The molecule has 4 rings (SSSR count). The van der Waals surface area contributed by atoms with Gasteiger partial charge in [-0.2, -0.15) is 0 Å². The number of aromatic carboxylic acids is 1. The Morgan fingerprint density at radius 1 is 1.15 bits per heavy atom. The van der Waals surface area contributed by atoms with E-state index >= 15 is 0 Å². The van der Waals surface area contributed by atoms with Gasteiger partial charge in [-0.3, -0.25) is 9.59 Å². The molecule has 2 fully saturated rings. The Balaban J connectivity index is 0.000000582. The van der Waals surface area contributed by atoms with Gasteiger partial charge in [-0.25, -0.2) is 9.78 Å². The van der Waals surface area contributed by atoms with E-state index in [9.17, 15) is 9.90 Å². The fourth-order valence-corrected chi connectivity index (χ4v) is 4.77. The predicted molar refractivity (Wildman–Crippen MR) is 120 cm³/mol. The zero-order chi connectivity index (χ0) is 24.2. The Hall–Kier alpha value is -3.40. The summed E-state index contributed by atoms with van der Waals surface area (Å²) < 4.78 is 7.37. The molecule has 0 spiro atoms. The smallest absolute Gasteiger partial charge is 0.339 e. The molecule has 2 aliphatic heterocycles. The van der Waals surface area contributed by atoms with Gasteiger partial charge >= 0.3 is 5.97 Å². The Bertz CT molecular complexity index is 907. The van der Waals surface area contributed by atoms with Gasteiger partial charge in [0, 0.05) is 30.5 Å². The number of methoxy groups -OCH3 is 1. The zero-order valence-electron chi connectivity index (χ0n) is 18.7. The molecule has 33 heavy (non-hydrogen) atoms. The van der Waals surface area contributed by atoms with E-state index in [1.54, 1.807) is 12.1 Å². The van der Waals surface area contributed by atoms with E-state index in [1.165, 1.54) is 52.3 Å². The number of imidazole rings is 1. The summed E-state index contributed by atoms with van der Waals surface area (Å²) in [5, 5.41) is 23.2. The molecular formula is C23H31N3O7. The van der Waals surface area contributed by atoms with Crippen LogP contribution in [-0.2, 0) is 16.1 Å². The molecule has 10 heteroatoms. The molecule has 1 aromatic heterocycles. The van der Waals surface area contributed by atoms with Gasteiger partial charge in [-0.1, -0.05) is 6.42 Å². The van der Waals surface area contributed by atoms with Gasteiger partial charge in [-0.05, 0) is 62.9 Å². The van der Waals surface area contributed by atoms with E-state index in [-0.39, 0.29) is 18.5 Å². The van der Waals surface area contributed by atoms with Gasteiger partial charge in [0.1, 0.15) is 17.1 Å². The summed E-state index contributed by atoms with van der Waals surface area (Å²) in [4.78, 5) is 35.5. The molecule has 0 unspecified atom stereocenters. The minimum atomic E-state index is -0.989. The maximum absolute atomic E-state index is 11.5.